The van der Waals surface area contributed by atoms with Crippen LogP contribution in [0.2, 0.25) is 0 Å². The molecule has 234 valence electrons. The van der Waals surface area contributed by atoms with Crippen LogP contribution >= 0.6 is 22.7 Å². The largest absolute Gasteiger partial charge is 0.453 e. The van der Waals surface area contributed by atoms with Crippen molar-refractivity contribution in [2.24, 2.45) is 5.92 Å². The zero-order valence-corrected chi connectivity index (χ0v) is 27.2. The molecule has 5 aromatic rings. The summed E-state index contributed by atoms with van der Waals surface area (Å²) in [5.41, 5.74) is 6.63. The summed E-state index contributed by atoms with van der Waals surface area (Å²) in [6.07, 6.45) is 7.21. The van der Waals surface area contributed by atoms with Crippen LogP contribution in [0.15, 0.2) is 47.4 Å². The second-order valence-electron chi connectivity index (χ2n) is 12.1. The molecule has 0 spiro atoms. The van der Waals surface area contributed by atoms with E-state index in [1.165, 1.54) is 34.1 Å². The lowest BCUT2D eigenvalue weighted by molar-refractivity contribution is -0.135. The molecule has 0 unspecified atom stereocenters. The molecule has 0 saturated carbocycles. The molecule has 7 rings (SSSR count). The summed E-state index contributed by atoms with van der Waals surface area (Å²) >= 11 is 3.48. The number of nitrogens with zero attached hydrogens (tertiary/aromatic N) is 3. The second-order valence-corrected chi connectivity index (χ2v) is 13.9. The quantitative estimate of drug-likeness (QED) is 0.146. The number of H-pyrrole nitrogens is 2. The summed E-state index contributed by atoms with van der Waals surface area (Å²) in [5, 5.41) is 10.6. The maximum absolute atomic E-state index is 13.5. The normalized spacial score (nSPS) is 19.1. The van der Waals surface area contributed by atoms with E-state index in [2.05, 4.69) is 60.6 Å². The number of imidazole rings is 2. The van der Waals surface area contributed by atoms with Crippen LogP contribution in [0.25, 0.3) is 43.0 Å². The molecule has 0 bridgehead atoms. The summed E-state index contributed by atoms with van der Waals surface area (Å²) in [4.78, 5) is 43.7. The van der Waals surface area contributed by atoms with E-state index in [1.54, 1.807) is 22.7 Å². The van der Waals surface area contributed by atoms with E-state index >= 15 is 0 Å². The molecule has 2 aliphatic rings. The van der Waals surface area contributed by atoms with Gasteiger partial charge in [0.2, 0.25) is 5.91 Å². The predicted octanol–water partition coefficient (Wildman–Crippen LogP) is 6.88. The molecular formula is C33H37N7O3S2. The van der Waals surface area contributed by atoms with Gasteiger partial charge in [0.1, 0.15) is 17.7 Å². The van der Waals surface area contributed by atoms with Crippen molar-refractivity contribution in [2.75, 3.05) is 20.2 Å². The van der Waals surface area contributed by atoms with Crippen LogP contribution in [0.3, 0.4) is 0 Å². The Bertz CT molecular complexity index is 1810. The Labute approximate surface area is 269 Å². The van der Waals surface area contributed by atoms with Gasteiger partial charge in [-0.3, -0.25) is 4.79 Å². The molecule has 12 heteroatoms. The summed E-state index contributed by atoms with van der Waals surface area (Å²) in [5.74, 6) is 1.60. The number of aromatic nitrogens is 4. The highest BCUT2D eigenvalue weighted by Crippen LogP contribution is 2.44. The van der Waals surface area contributed by atoms with Crippen LogP contribution in [-0.4, -0.2) is 63.1 Å². The van der Waals surface area contributed by atoms with Gasteiger partial charge in [0.15, 0.2) is 0 Å². The fourth-order valence-corrected chi connectivity index (χ4v) is 8.89. The van der Waals surface area contributed by atoms with Crippen LogP contribution < -0.4 is 10.6 Å². The average Bonchev–Trinajstić information content (AvgIpc) is 3.87. The van der Waals surface area contributed by atoms with Crippen molar-refractivity contribution < 1.29 is 14.3 Å². The third-order valence-corrected chi connectivity index (χ3v) is 11.1. The Kier molecular flexibility index (Phi) is 8.19. The van der Waals surface area contributed by atoms with Crippen molar-refractivity contribution in [3.05, 3.63) is 59.1 Å². The SMILES string of the molecule is COC(=O)N[C@H](C(=O)N1CCC[C@H]1c1ncc(-c2csc3c(-c4ccc(-c5cnc([C@@H]6CCCN6)[nH]5)cc4)csc23)[nH]1)C(C)C. The van der Waals surface area contributed by atoms with Crippen LogP contribution in [-0.2, 0) is 9.53 Å². The highest BCUT2D eigenvalue weighted by Gasteiger charge is 2.37. The molecule has 6 heterocycles. The molecule has 45 heavy (non-hydrogen) atoms. The minimum Gasteiger partial charge on any atom is -0.453 e. The Morgan fingerprint density at radius 1 is 0.933 bits per heavy atom. The molecular weight excluding hydrogens is 607 g/mol. The number of likely N-dealkylation sites (tertiary alicyclic amines) is 1. The number of amides is 2. The lowest BCUT2D eigenvalue weighted by Crippen LogP contribution is -2.51. The Morgan fingerprint density at radius 2 is 1.62 bits per heavy atom. The lowest BCUT2D eigenvalue weighted by Gasteiger charge is -2.30. The van der Waals surface area contributed by atoms with Crippen molar-refractivity contribution in [2.45, 2.75) is 57.7 Å². The van der Waals surface area contributed by atoms with E-state index in [0.717, 1.165) is 60.0 Å². The number of rotatable bonds is 8. The van der Waals surface area contributed by atoms with Crippen molar-refractivity contribution in [1.82, 2.24) is 35.5 Å². The summed E-state index contributed by atoms with van der Waals surface area (Å²) in [7, 11) is 1.31. The molecule has 4 N–H and O–H groups in total. The fraction of sp³-hybridized carbons (Fsp3) is 0.394. The topological polar surface area (TPSA) is 128 Å². The van der Waals surface area contributed by atoms with E-state index in [9.17, 15) is 9.59 Å². The first-order chi connectivity index (χ1) is 21.9. The Hall–Kier alpha value is -4.00. The zero-order valence-electron chi connectivity index (χ0n) is 25.6. The van der Waals surface area contributed by atoms with Gasteiger partial charge >= 0.3 is 6.09 Å². The Balaban J connectivity index is 1.09. The summed E-state index contributed by atoms with van der Waals surface area (Å²) < 4.78 is 7.23. The molecule has 4 aromatic heterocycles. The van der Waals surface area contributed by atoms with Gasteiger partial charge in [-0.2, -0.15) is 0 Å². The van der Waals surface area contributed by atoms with Gasteiger partial charge in [0.05, 0.1) is 52.4 Å². The molecule has 1 aromatic carbocycles. The minimum atomic E-state index is -0.659. The van der Waals surface area contributed by atoms with Crippen LogP contribution in [0.1, 0.15) is 63.3 Å². The lowest BCUT2D eigenvalue weighted by atomic mass is 10.0. The third kappa shape index (κ3) is 5.66. The second kappa shape index (κ2) is 12.4. The number of aromatic amines is 2. The number of carbonyl (C=O) groups excluding carboxylic acids is 2. The smallest absolute Gasteiger partial charge is 0.407 e. The zero-order chi connectivity index (χ0) is 31.1. The van der Waals surface area contributed by atoms with Crippen LogP contribution in [0, 0.1) is 5.92 Å². The Morgan fingerprint density at radius 3 is 2.36 bits per heavy atom. The van der Waals surface area contributed by atoms with Gasteiger partial charge < -0.3 is 30.2 Å². The highest BCUT2D eigenvalue weighted by molar-refractivity contribution is 7.27. The molecule has 2 aliphatic heterocycles. The number of fused-ring (bicyclic) bond motifs is 1. The molecule has 3 atom stereocenters. The van der Waals surface area contributed by atoms with Gasteiger partial charge in [-0.1, -0.05) is 38.1 Å². The molecule has 2 saturated heterocycles. The molecule has 10 nitrogen and oxygen atoms in total. The first kappa shape index (κ1) is 29.7. The van der Waals surface area contributed by atoms with Gasteiger partial charge in [0, 0.05) is 28.4 Å². The van der Waals surface area contributed by atoms with Crippen molar-refractivity contribution >= 4 is 44.1 Å². The predicted molar refractivity (Wildman–Crippen MR) is 178 cm³/mol. The van der Waals surface area contributed by atoms with Gasteiger partial charge in [-0.25, -0.2) is 14.8 Å². The number of nitrogens with one attached hydrogen (secondary N) is 4. The van der Waals surface area contributed by atoms with Crippen molar-refractivity contribution in [3.63, 3.8) is 0 Å². The maximum atomic E-state index is 13.5. The third-order valence-electron chi connectivity index (χ3n) is 8.91. The van der Waals surface area contributed by atoms with E-state index in [-0.39, 0.29) is 17.9 Å². The van der Waals surface area contributed by atoms with E-state index in [4.69, 9.17) is 9.72 Å². The number of thiophene rings is 2. The average molecular weight is 644 g/mol. The monoisotopic (exact) mass is 643 g/mol. The van der Waals surface area contributed by atoms with Crippen molar-refractivity contribution in [3.8, 4) is 33.6 Å². The van der Waals surface area contributed by atoms with E-state index in [0.29, 0.717) is 12.6 Å². The minimum absolute atomic E-state index is 0.0780. The number of methoxy groups -OCH3 is 1. The number of carbonyl (C=O) groups is 2. The van der Waals surface area contributed by atoms with Crippen LogP contribution in [0.5, 0.6) is 0 Å². The van der Waals surface area contributed by atoms with Gasteiger partial charge in [0.25, 0.3) is 0 Å². The maximum Gasteiger partial charge on any atom is 0.407 e. The van der Waals surface area contributed by atoms with E-state index in [1.807, 2.05) is 31.1 Å². The van der Waals surface area contributed by atoms with E-state index < -0.39 is 12.1 Å². The first-order valence-electron chi connectivity index (χ1n) is 15.5. The molecule has 0 radical (unpaired) electrons. The first-order valence-corrected chi connectivity index (χ1v) is 17.2. The number of hydrogen-bond acceptors (Lipinski definition) is 8. The standard InChI is InChI=1S/C33H37N7O3S2/c1-18(2)27(39-33(42)43-3)32(41)40-13-5-7-26(40)31-36-15-25(38-31)22-17-45-28-21(16-44-29(22)28)19-8-10-20(11-9-19)24-14-35-30(37-24)23-6-4-12-34-23/h8-11,14-18,23,26-27,34H,4-7,12-13H2,1-3H3,(H,35,37)(H,36,38)(H,39,42)/t23-,26-,27-/m0/s1. The molecule has 2 amide bonds. The van der Waals surface area contributed by atoms with Crippen molar-refractivity contribution in [1.29, 1.82) is 0 Å². The number of ether oxygens (including phenoxy) is 1. The number of hydrogen-bond donors (Lipinski definition) is 4. The molecule has 2 fully saturated rings. The highest BCUT2D eigenvalue weighted by atomic mass is 32.1. The molecule has 0 aliphatic carbocycles. The van der Waals surface area contributed by atoms with Gasteiger partial charge in [-0.15, -0.1) is 22.7 Å². The van der Waals surface area contributed by atoms with Crippen LogP contribution in [0.4, 0.5) is 4.79 Å². The number of alkyl carbamates (subject to hydrolysis) is 1. The number of benzene rings is 1. The fourth-order valence-electron chi connectivity index (χ4n) is 6.45. The summed E-state index contributed by atoms with van der Waals surface area (Å²) in [6.45, 7) is 5.51. The van der Waals surface area contributed by atoms with Gasteiger partial charge in [-0.05, 0) is 49.3 Å². The summed E-state index contributed by atoms with van der Waals surface area (Å²) in [6, 6.07) is 8.18.